The second kappa shape index (κ2) is 7.44. The average Bonchev–Trinajstić information content (AvgIpc) is 2.95. The Hall–Kier alpha value is -0.730. The van der Waals surface area contributed by atoms with Crippen LogP contribution in [0.5, 0.6) is 0 Å². The van der Waals surface area contributed by atoms with Gasteiger partial charge in [-0.05, 0) is 30.5 Å². The van der Waals surface area contributed by atoms with Crippen molar-refractivity contribution >= 4 is 22.4 Å². The van der Waals surface area contributed by atoms with E-state index in [0.717, 1.165) is 32.7 Å². The molecule has 1 atom stereocenters. The third-order valence-corrected chi connectivity index (χ3v) is 6.55. The highest BCUT2D eigenvalue weighted by molar-refractivity contribution is 7.89. The van der Waals surface area contributed by atoms with E-state index in [4.69, 9.17) is 0 Å². The summed E-state index contributed by atoms with van der Waals surface area (Å²) in [6.07, 6.45) is 4.21. The number of nitrogens with one attached hydrogen (secondary N) is 1. The van der Waals surface area contributed by atoms with Crippen molar-refractivity contribution in [3.05, 3.63) is 24.5 Å². The minimum atomic E-state index is -3.40. The van der Waals surface area contributed by atoms with Gasteiger partial charge in [0, 0.05) is 51.7 Å². The molecule has 8 heteroatoms. The first-order chi connectivity index (χ1) is 10.5. The van der Waals surface area contributed by atoms with Crippen LogP contribution in [-0.4, -0.2) is 68.4 Å². The number of nitrogens with zero attached hydrogens (tertiary/aromatic N) is 3. The Morgan fingerprint density at radius 1 is 1.30 bits per heavy atom. The topological polar surface area (TPSA) is 65.5 Å². The smallest absolute Gasteiger partial charge is 0.244 e. The third-order valence-electron chi connectivity index (χ3n) is 4.67. The molecule has 2 fully saturated rings. The Bertz CT molecular complexity index is 597. The molecule has 6 nitrogen and oxygen atoms in total. The minimum Gasteiger partial charge on any atom is -0.316 e. The van der Waals surface area contributed by atoms with Crippen molar-refractivity contribution in [3.8, 4) is 0 Å². The molecule has 0 radical (unpaired) electrons. The van der Waals surface area contributed by atoms with Crippen LogP contribution in [0.1, 0.15) is 13.3 Å². The molecule has 1 aromatic rings. The molecular formula is C15H25ClN4O2S. The highest BCUT2D eigenvalue weighted by atomic mass is 35.5. The Morgan fingerprint density at radius 3 is 2.61 bits per heavy atom. The van der Waals surface area contributed by atoms with E-state index in [0.29, 0.717) is 18.5 Å². The maximum Gasteiger partial charge on any atom is 0.244 e. The van der Waals surface area contributed by atoms with Gasteiger partial charge in [-0.25, -0.2) is 8.42 Å². The standard InChI is InChI=1S/C15H24N4O2S.ClH/c1-15(4-6-17-12-15)13-18-7-9-19(10-8-18)22(20,21)14-3-2-5-16-11-14;/h2-3,5,11,17H,4,6-10,12-13H2,1H3;1H. The van der Waals surface area contributed by atoms with Crippen molar-refractivity contribution in [1.29, 1.82) is 0 Å². The highest BCUT2D eigenvalue weighted by Gasteiger charge is 2.34. The summed E-state index contributed by atoms with van der Waals surface area (Å²) in [5.41, 5.74) is 0.324. The molecule has 2 aliphatic heterocycles. The second-order valence-electron chi connectivity index (χ2n) is 6.61. The van der Waals surface area contributed by atoms with Crippen LogP contribution < -0.4 is 5.32 Å². The van der Waals surface area contributed by atoms with Crippen molar-refractivity contribution in [3.63, 3.8) is 0 Å². The Balaban J connectivity index is 0.00000192. The largest absolute Gasteiger partial charge is 0.316 e. The summed E-state index contributed by atoms with van der Waals surface area (Å²) in [4.78, 5) is 6.59. The maximum atomic E-state index is 12.6. The molecule has 23 heavy (non-hydrogen) atoms. The first-order valence-corrected chi connectivity index (χ1v) is 9.27. The van der Waals surface area contributed by atoms with Crippen LogP contribution in [0.4, 0.5) is 0 Å². The molecule has 0 aliphatic carbocycles. The second-order valence-corrected chi connectivity index (χ2v) is 8.54. The zero-order valence-corrected chi connectivity index (χ0v) is 15.1. The molecule has 1 unspecified atom stereocenters. The lowest BCUT2D eigenvalue weighted by molar-refractivity contribution is 0.132. The van der Waals surface area contributed by atoms with Crippen LogP contribution in [0.2, 0.25) is 0 Å². The molecule has 1 N–H and O–H groups in total. The van der Waals surface area contributed by atoms with Crippen LogP contribution >= 0.6 is 12.4 Å². The van der Waals surface area contributed by atoms with Crippen LogP contribution in [-0.2, 0) is 10.0 Å². The van der Waals surface area contributed by atoms with E-state index in [1.54, 1.807) is 22.6 Å². The van der Waals surface area contributed by atoms with Gasteiger partial charge in [-0.15, -0.1) is 12.4 Å². The van der Waals surface area contributed by atoms with Crippen molar-refractivity contribution in [2.45, 2.75) is 18.2 Å². The van der Waals surface area contributed by atoms with Crippen molar-refractivity contribution in [2.75, 3.05) is 45.8 Å². The van der Waals surface area contributed by atoms with Crippen molar-refractivity contribution < 1.29 is 8.42 Å². The van der Waals surface area contributed by atoms with Crippen molar-refractivity contribution in [2.24, 2.45) is 5.41 Å². The van der Waals surface area contributed by atoms with Gasteiger partial charge in [-0.1, -0.05) is 6.92 Å². The summed E-state index contributed by atoms with van der Waals surface area (Å²) < 4.78 is 26.7. The van der Waals surface area contributed by atoms with Gasteiger partial charge < -0.3 is 10.2 Å². The van der Waals surface area contributed by atoms with E-state index < -0.39 is 10.0 Å². The van der Waals surface area contributed by atoms with E-state index in [9.17, 15) is 8.42 Å². The lowest BCUT2D eigenvalue weighted by Gasteiger charge is -2.38. The quantitative estimate of drug-likeness (QED) is 0.860. The first-order valence-electron chi connectivity index (χ1n) is 7.83. The number of sulfonamides is 1. The molecule has 0 amide bonds. The zero-order valence-electron chi connectivity index (χ0n) is 13.4. The van der Waals surface area contributed by atoms with Gasteiger partial charge in [0.15, 0.2) is 0 Å². The van der Waals surface area contributed by atoms with Crippen LogP contribution in [0.3, 0.4) is 0 Å². The van der Waals surface area contributed by atoms with E-state index in [1.807, 2.05) is 0 Å². The monoisotopic (exact) mass is 360 g/mol. The molecule has 2 aliphatic rings. The Kier molecular flexibility index (Phi) is 6.02. The number of hydrogen-bond donors (Lipinski definition) is 1. The average molecular weight is 361 g/mol. The fourth-order valence-electron chi connectivity index (χ4n) is 3.32. The summed E-state index contributed by atoms with van der Waals surface area (Å²) >= 11 is 0. The fraction of sp³-hybridized carbons (Fsp3) is 0.667. The molecule has 3 rings (SSSR count). The molecule has 0 spiro atoms. The summed E-state index contributed by atoms with van der Waals surface area (Å²) in [5.74, 6) is 0. The van der Waals surface area contributed by atoms with Gasteiger partial charge in [0.05, 0.1) is 0 Å². The molecule has 0 aromatic carbocycles. The molecule has 3 heterocycles. The minimum absolute atomic E-state index is 0. The van der Waals surface area contributed by atoms with Crippen LogP contribution in [0.15, 0.2) is 29.4 Å². The lowest BCUT2D eigenvalue weighted by atomic mass is 9.89. The van der Waals surface area contributed by atoms with Crippen LogP contribution in [0, 0.1) is 5.41 Å². The molecular weight excluding hydrogens is 336 g/mol. The maximum absolute atomic E-state index is 12.6. The van der Waals surface area contributed by atoms with Gasteiger partial charge >= 0.3 is 0 Å². The van der Waals surface area contributed by atoms with Crippen LogP contribution in [0.25, 0.3) is 0 Å². The van der Waals surface area contributed by atoms with Gasteiger partial charge in [0.1, 0.15) is 4.90 Å². The SMILES string of the molecule is CC1(CN2CCN(S(=O)(=O)c3cccnc3)CC2)CCNC1.Cl. The number of hydrogen-bond acceptors (Lipinski definition) is 5. The van der Waals surface area contributed by atoms with E-state index >= 15 is 0 Å². The normalized spacial score (nSPS) is 26.8. The first kappa shape index (κ1) is 18.6. The van der Waals surface area contributed by atoms with Gasteiger partial charge in [-0.3, -0.25) is 4.98 Å². The number of piperazine rings is 1. The van der Waals surface area contributed by atoms with E-state index in [-0.39, 0.29) is 17.3 Å². The zero-order chi connectivity index (χ0) is 15.6. The molecule has 2 saturated heterocycles. The summed E-state index contributed by atoms with van der Waals surface area (Å²) in [6.45, 7) is 8.21. The Labute approximate surface area is 144 Å². The summed E-state index contributed by atoms with van der Waals surface area (Å²) in [5, 5.41) is 3.42. The lowest BCUT2D eigenvalue weighted by Crippen LogP contribution is -2.51. The number of aromatic nitrogens is 1. The highest BCUT2D eigenvalue weighted by Crippen LogP contribution is 2.26. The molecule has 130 valence electrons. The van der Waals surface area contributed by atoms with Crippen molar-refractivity contribution in [1.82, 2.24) is 19.5 Å². The van der Waals surface area contributed by atoms with Gasteiger partial charge in [-0.2, -0.15) is 4.31 Å². The van der Waals surface area contributed by atoms with Gasteiger partial charge in [0.2, 0.25) is 10.0 Å². The predicted octanol–water partition coefficient (Wildman–Crippen LogP) is 0.809. The number of halogens is 1. The third kappa shape index (κ3) is 4.22. The fourth-order valence-corrected chi connectivity index (χ4v) is 4.71. The summed E-state index contributed by atoms with van der Waals surface area (Å²) in [6, 6.07) is 3.27. The summed E-state index contributed by atoms with van der Waals surface area (Å²) in [7, 11) is -3.40. The number of pyridine rings is 1. The van der Waals surface area contributed by atoms with Gasteiger partial charge in [0.25, 0.3) is 0 Å². The number of rotatable bonds is 4. The molecule has 1 aromatic heterocycles. The van der Waals surface area contributed by atoms with E-state index in [2.05, 4.69) is 22.1 Å². The Morgan fingerprint density at radius 2 is 2.04 bits per heavy atom. The molecule has 0 saturated carbocycles. The van der Waals surface area contributed by atoms with E-state index in [1.165, 1.54) is 12.6 Å². The molecule has 0 bridgehead atoms. The predicted molar refractivity (Wildman–Crippen MR) is 92.3 cm³/mol.